The van der Waals surface area contributed by atoms with E-state index in [1.807, 2.05) is 24.3 Å². The zero-order valence-corrected chi connectivity index (χ0v) is 10.8. The molecule has 2 rings (SSSR count). The van der Waals surface area contributed by atoms with Gasteiger partial charge in [0.05, 0.1) is 6.54 Å². The monoisotopic (exact) mass is 246 g/mol. The van der Waals surface area contributed by atoms with Crippen LogP contribution in [0.3, 0.4) is 0 Å². The van der Waals surface area contributed by atoms with E-state index in [1.54, 1.807) is 4.90 Å². The number of para-hydroxylation sites is 1. The van der Waals surface area contributed by atoms with E-state index in [4.69, 9.17) is 0 Å². The number of hydrogen-bond acceptors (Lipinski definition) is 2. The molecule has 18 heavy (non-hydrogen) atoms. The van der Waals surface area contributed by atoms with Crippen molar-refractivity contribution >= 4 is 17.5 Å². The summed E-state index contributed by atoms with van der Waals surface area (Å²) < 4.78 is 0. The maximum atomic E-state index is 12.0. The number of amides is 2. The Morgan fingerprint density at radius 3 is 2.67 bits per heavy atom. The SMILES string of the molecule is CC(C)c1ccccc1N1CCC(=O)NCC1=O. The van der Waals surface area contributed by atoms with Gasteiger partial charge in [-0.3, -0.25) is 9.59 Å². The Hall–Kier alpha value is -1.84. The number of nitrogens with one attached hydrogen (secondary N) is 1. The minimum absolute atomic E-state index is 0.0473. The molecule has 1 aliphatic heterocycles. The summed E-state index contributed by atoms with van der Waals surface area (Å²) in [4.78, 5) is 25.1. The smallest absolute Gasteiger partial charge is 0.246 e. The highest BCUT2D eigenvalue weighted by molar-refractivity contribution is 5.99. The fraction of sp³-hybridized carbons (Fsp3) is 0.429. The summed E-state index contributed by atoms with van der Waals surface area (Å²) in [5.74, 6) is 0.239. The molecule has 0 aromatic heterocycles. The van der Waals surface area contributed by atoms with E-state index < -0.39 is 0 Å². The van der Waals surface area contributed by atoms with Gasteiger partial charge in [0.2, 0.25) is 11.8 Å². The molecule has 0 unspecified atom stereocenters. The van der Waals surface area contributed by atoms with Gasteiger partial charge in [-0.25, -0.2) is 0 Å². The Balaban J connectivity index is 2.35. The normalized spacial score (nSPS) is 16.7. The van der Waals surface area contributed by atoms with Crippen LogP contribution in [0.25, 0.3) is 0 Å². The predicted molar refractivity (Wildman–Crippen MR) is 70.5 cm³/mol. The first-order valence-corrected chi connectivity index (χ1v) is 6.25. The second-order valence-electron chi connectivity index (χ2n) is 4.79. The number of rotatable bonds is 2. The van der Waals surface area contributed by atoms with Crippen LogP contribution in [0, 0.1) is 0 Å². The summed E-state index contributed by atoms with van der Waals surface area (Å²) in [5, 5.41) is 2.61. The molecule has 96 valence electrons. The van der Waals surface area contributed by atoms with Crippen molar-refractivity contribution in [1.82, 2.24) is 5.32 Å². The fourth-order valence-corrected chi connectivity index (χ4v) is 2.17. The first-order valence-electron chi connectivity index (χ1n) is 6.25. The lowest BCUT2D eigenvalue weighted by atomic mass is 10.0. The number of nitrogens with zero attached hydrogens (tertiary/aromatic N) is 1. The van der Waals surface area contributed by atoms with Gasteiger partial charge in [0.1, 0.15) is 0 Å². The van der Waals surface area contributed by atoms with Crippen molar-refractivity contribution in [3.63, 3.8) is 0 Å². The van der Waals surface area contributed by atoms with E-state index in [0.717, 1.165) is 11.3 Å². The molecule has 1 heterocycles. The number of hydrogen-bond donors (Lipinski definition) is 1. The van der Waals surface area contributed by atoms with Gasteiger partial charge in [0, 0.05) is 18.7 Å². The first kappa shape index (κ1) is 12.6. The van der Waals surface area contributed by atoms with Gasteiger partial charge in [-0.2, -0.15) is 0 Å². The van der Waals surface area contributed by atoms with E-state index in [0.29, 0.717) is 18.9 Å². The summed E-state index contributed by atoms with van der Waals surface area (Å²) in [6.45, 7) is 4.74. The average molecular weight is 246 g/mol. The van der Waals surface area contributed by atoms with Gasteiger partial charge in [-0.15, -0.1) is 0 Å². The Kier molecular flexibility index (Phi) is 3.65. The molecular weight excluding hydrogens is 228 g/mol. The van der Waals surface area contributed by atoms with E-state index in [-0.39, 0.29) is 18.4 Å². The lowest BCUT2D eigenvalue weighted by molar-refractivity contribution is -0.123. The second-order valence-corrected chi connectivity index (χ2v) is 4.79. The number of anilines is 1. The molecule has 1 aromatic rings. The molecule has 1 saturated heterocycles. The molecule has 4 heteroatoms. The Morgan fingerprint density at radius 1 is 1.22 bits per heavy atom. The Labute approximate surface area is 107 Å². The van der Waals surface area contributed by atoms with Crippen LogP contribution in [0.15, 0.2) is 24.3 Å². The number of carbonyl (C=O) groups excluding carboxylic acids is 2. The highest BCUT2D eigenvalue weighted by Crippen LogP contribution is 2.27. The van der Waals surface area contributed by atoms with E-state index in [9.17, 15) is 9.59 Å². The van der Waals surface area contributed by atoms with Crippen molar-refractivity contribution < 1.29 is 9.59 Å². The molecule has 0 spiro atoms. The maximum Gasteiger partial charge on any atom is 0.246 e. The van der Waals surface area contributed by atoms with Crippen molar-refractivity contribution in [3.8, 4) is 0 Å². The van der Waals surface area contributed by atoms with E-state index in [2.05, 4.69) is 19.2 Å². The van der Waals surface area contributed by atoms with E-state index >= 15 is 0 Å². The van der Waals surface area contributed by atoms with Crippen LogP contribution >= 0.6 is 0 Å². The van der Waals surface area contributed by atoms with E-state index in [1.165, 1.54) is 0 Å². The van der Waals surface area contributed by atoms with Gasteiger partial charge < -0.3 is 10.2 Å². The quantitative estimate of drug-likeness (QED) is 0.862. The topological polar surface area (TPSA) is 49.4 Å². The molecule has 0 aliphatic carbocycles. The zero-order valence-electron chi connectivity index (χ0n) is 10.8. The Bertz CT molecular complexity index is 469. The summed E-state index contributed by atoms with van der Waals surface area (Å²) in [5.41, 5.74) is 2.06. The molecule has 0 bridgehead atoms. The molecule has 1 N–H and O–H groups in total. The minimum Gasteiger partial charge on any atom is -0.347 e. The summed E-state index contributed by atoms with van der Waals surface area (Å²) in [7, 11) is 0. The fourth-order valence-electron chi connectivity index (χ4n) is 2.17. The molecule has 0 saturated carbocycles. The third-order valence-electron chi connectivity index (χ3n) is 3.15. The summed E-state index contributed by atoms with van der Waals surface area (Å²) in [6.07, 6.45) is 0.359. The van der Waals surface area contributed by atoms with Crippen LogP contribution < -0.4 is 10.2 Å². The molecule has 4 nitrogen and oxygen atoms in total. The van der Waals surface area contributed by atoms with Crippen LogP contribution in [0.4, 0.5) is 5.69 Å². The highest BCUT2D eigenvalue weighted by Gasteiger charge is 2.23. The minimum atomic E-state index is -0.0621. The predicted octanol–water partition coefficient (Wildman–Crippen LogP) is 1.66. The lowest BCUT2D eigenvalue weighted by Gasteiger charge is -2.24. The van der Waals surface area contributed by atoms with Crippen molar-refractivity contribution in [2.24, 2.45) is 0 Å². The standard InChI is InChI=1S/C14H18N2O2/c1-10(2)11-5-3-4-6-12(11)16-8-7-13(17)15-9-14(16)18/h3-6,10H,7-9H2,1-2H3,(H,15,17). The van der Waals surface area contributed by atoms with Crippen LogP contribution in [0.5, 0.6) is 0 Å². The molecule has 1 aliphatic rings. The van der Waals surface area contributed by atoms with Crippen molar-refractivity contribution in [3.05, 3.63) is 29.8 Å². The molecule has 1 aromatic carbocycles. The van der Waals surface area contributed by atoms with Gasteiger partial charge in [0.25, 0.3) is 0 Å². The zero-order chi connectivity index (χ0) is 13.1. The molecule has 0 radical (unpaired) electrons. The largest absolute Gasteiger partial charge is 0.347 e. The average Bonchev–Trinajstić information content (AvgIpc) is 2.52. The highest BCUT2D eigenvalue weighted by atomic mass is 16.2. The van der Waals surface area contributed by atoms with Gasteiger partial charge in [-0.05, 0) is 17.5 Å². The summed E-state index contributed by atoms with van der Waals surface area (Å²) in [6, 6.07) is 7.88. The van der Waals surface area contributed by atoms with Crippen LogP contribution in [0.2, 0.25) is 0 Å². The second kappa shape index (κ2) is 5.21. The van der Waals surface area contributed by atoms with Gasteiger partial charge in [0.15, 0.2) is 0 Å². The molecular formula is C14H18N2O2. The van der Waals surface area contributed by atoms with Gasteiger partial charge in [-0.1, -0.05) is 32.0 Å². The van der Waals surface area contributed by atoms with Crippen LogP contribution in [0.1, 0.15) is 31.7 Å². The van der Waals surface area contributed by atoms with Crippen LogP contribution in [-0.4, -0.2) is 24.9 Å². The molecule has 1 fully saturated rings. The van der Waals surface area contributed by atoms with Crippen molar-refractivity contribution in [1.29, 1.82) is 0 Å². The maximum absolute atomic E-state index is 12.0. The summed E-state index contributed by atoms with van der Waals surface area (Å²) >= 11 is 0. The van der Waals surface area contributed by atoms with Crippen molar-refractivity contribution in [2.75, 3.05) is 18.0 Å². The first-order chi connectivity index (χ1) is 8.59. The molecule has 0 atom stereocenters. The van der Waals surface area contributed by atoms with Crippen LogP contribution in [-0.2, 0) is 9.59 Å². The van der Waals surface area contributed by atoms with Crippen molar-refractivity contribution in [2.45, 2.75) is 26.2 Å². The number of carbonyl (C=O) groups is 2. The third kappa shape index (κ3) is 2.53. The number of benzene rings is 1. The van der Waals surface area contributed by atoms with Gasteiger partial charge >= 0.3 is 0 Å². The lowest BCUT2D eigenvalue weighted by Crippen LogP contribution is -2.35. The molecule has 2 amide bonds. The Morgan fingerprint density at radius 2 is 1.94 bits per heavy atom. The third-order valence-corrected chi connectivity index (χ3v) is 3.15.